The molecule has 3 atom stereocenters. The molecular weight excluding hydrogens is 565 g/mol. The molecule has 7 nitrogen and oxygen atoms in total. The van der Waals surface area contributed by atoms with Crippen molar-refractivity contribution in [1.29, 1.82) is 0 Å². The van der Waals surface area contributed by atoms with E-state index in [0.29, 0.717) is 25.0 Å². The molecule has 2 aromatic rings. The third-order valence-electron chi connectivity index (χ3n) is 7.56. The van der Waals surface area contributed by atoms with Gasteiger partial charge in [0.25, 0.3) is 5.91 Å². The first kappa shape index (κ1) is 28.9. The summed E-state index contributed by atoms with van der Waals surface area (Å²) in [6.07, 6.45) is 1.63. The number of halogens is 4. The maximum atomic E-state index is 13.7. The highest BCUT2D eigenvalue weighted by atomic mass is 35.5. The van der Waals surface area contributed by atoms with Crippen LogP contribution < -0.4 is 10.6 Å². The zero-order chi connectivity index (χ0) is 27.8. The molecule has 0 radical (unpaired) electrons. The first-order valence-corrected chi connectivity index (χ1v) is 14.3. The highest BCUT2D eigenvalue weighted by Crippen LogP contribution is 2.52. The van der Waals surface area contributed by atoms with Gasteiger partial charge < -0.3 is 20.8 Å². The minimum atomic E-state index is -4.03. The second-order valence-corrected chi connectivity index (χ2v) is 12.6. The fraction of sp³-hybridized carbons (Fsp3) is 0.440. The lowest BCUT2D eigenvalue weighted by Crippen LogP contribution is -2.55. The Hall–Kier alpha value is -2.09. The summed E-state index contributed by atoms with van der Waals surface area (Å²) in [7, 11) is -4.03. The molecule has 13 heteroatoms. The van der Waals surface area contributed by atoms with E-state index in [0.717, 1.165) is 6.07 Å². The average molecular weight is 591 g/mol. The molecule has 3 unspecified atom stereocenters. The minimum absolute atomic E-state index is 0.0953. The quantitative estimate of drug-likeness (QED) is 0.260. The summed E-state index contributed by atoms with van der Waals surface area (Å²) in [6, 6.07) is 4.34. The van der Waals surface area contributed by atoms with E-state index in [9.17, 15) is 36.6 Å². The molecule has 2 bridgehead atoms. The summed E-state index contributed by atoms with van der Waals surface area (Å²) in [4.78, 5) is 12.4. The molecule has 2 fully saturated rings. The van der Waals surface area contributed by atoms with Crippen LogP contribution in [0, 0.1) is 29.3 Å². The third-order valence-corrected chi connectivity index (χ3v) is 10.5. The van der Waals surface area contributed by atoms with Crippen LogP contribution in [-0.4, -0.2) is 59.9 Å². The zero-order valence-electron chi connectivity index (χ0n) is 20.0. The van der Waals surface area contributed by atoms with E-state index in [1.54, 1.807) is 0 Å². The number of hydrogen-bond donors (Lipinski definition) is 4. The standard InChI is InChI=1S/C25H26ClF3N2O5S2/c26-19-4-1-13(24(33)31-16-8-20(27)23(29)21(28)9-16)5-22(19)38(35,36)18-6-14-2-3-15(7-18)25(14,34)12-30-17(10-32)11-37/h1,4-5,8-9,11,14-15,17-18,30,32,34H,2-3,6-7,10,12H2,(H,31,33). The first-order valence-electron chi connectivity index (χ1n) is 11.9. The van der Waals surface area contributed by atoms with Crippen LogP contribution in [0.15, 0.2) is 35.2 Å². The van der Waals surface area contributed by atoms with Crippen molar-refractivity contribution in [1.82, 2.24) is 5.32 Å². The lowest BCUT2D eigenvalue weighted by Gasteiger charge is -2.43. The Morgan fingerprint density at radius 1 is 1.16 bits per heavy atom. The van der Waals surface area contributed by atoms with Crippen molar-refractivity contribution in [2.75, 3.05) is 18.5 Å². The normalized spacial score (nSPS) is 25.7. The Balaban J connectivity index is 1.54. The van der Waals surface area contributed by atoms with Crippen molar-refractivity contribution in [2.24, 2.45) is 11.8 Å². The van der Waals surface area contributed by atoms with Gasteiger partial charge in [0.05, 0.1) is 33.4 Å². The second kappa shape index (κ2) is 11.2. The van der Waals surface area contributed by atoms with Crippen LogP contribution in [0.1, 0.15) is 36.0 Å². The van der Waals surface area contributed by atoms with Crippen molar-refractivity contribution in [2.45, 2.75) is 47.5 Å². The van der Waals surface area contributed by atoms with Gasteiger partial charge in [-0.1, -0.05) is 23.8 Å². The second-order valence-electron chi connectivity index (χ2n) is 9.76. The summed E-state index contributed by atoms with van der Waals surface area (Å²) in [5.74, 6) is -6.16. The van der Waals surface area contributed by atoms with Gasteiger partial charge in [-0.15, -0.1) is 0 Å². The van der Waals surface area contributed by atoms with E-state index in [4.69, 9.17) is 23.8 Å². The zero-order valence-corrected chi connectivity index (χ0v) is 22.4. The van der Waals surface area contributed by atoms with E-state index < -0.39 is 50.1 Å². The Morgan fingerprint density at radius 3 is 2.32 bits per heavy atom. The van der Waals surface area contributed by atoms with E-state index >= 15 is 0 Å². The Labute approximate surface area is 228 Å². The molecule has 4 rings (SSSR count). The fourth-order valence-electron chi connectivity index (χ4n) is 5.48. The number of anilines is 1. The van der Waals surface area contributed by atoms with Crippen LogP contribution in [0.4, 0.5) is 18.9 Å². The molecule has 0 spiro atoms. The van der Waals surface area contributed by atoms with Gasteiger partial charge in [-0.3, -0.25) is 4.79 Å². The van der Waals surface area contributed by atoms with Gasteiger partial charge >= 0.3 is 0 Å². The van der Waals surface area contributed by atoms with Crippen LogP contribution in [0.2, 0.25) is 5.02 Å². The van der Waals surface area contributed by atoms with E-state index in [2.05, 4.69) is 10.6 Å². The lowest BCUT2D eigenvalue weighted by atomic mass is 9.74. The maximum absolute atomic E-state index is 13.7. The van der Waals surface area contributed by atoms with Gasteiger partial charge in [0, 0.05) is 29.9 Å². The Bertz CT molecular complexity index is 1320. The molecule has 0 aliphatic heterocycles. The van der Waals surface area contributed by atoms with Crippen molar-refractivity contribution in [3.05, 3.63) is 58.4 Å². The molecular formula is C25H26ClF3N2O5S2. The number of carbonyl (C=O) groups is 1. The number of nitrogens with one attached hydrogen (secondary N) is 2. The summed E-state index contributed by atoms with van der Waals surface area (Å²) < 4.78 is 67.6. The van der Waals surface area contributed by atoms with Crippen LogP contribution in [0.3, 0.4) is 0 Å². The van der Waals surface area contributed by atoms with Crippen molar-refractivity contribution >= 4 is 50.6 Å². The molecule has 1 amide bonds. The van der Waals surface area contributed by atoms with Crippen LogP contribution in [-0.2, 0) is 9.84 Å². The smallest absolute Gasteiger partial charge is 0.255 e. The number of amides is 1. The van der Waals surface area contributed by atoms with E-state index in [1.165, 1.54) is 17.5 Å². The number of benzene rings is 2. The number of rotatable bonds is 9. The molecule has 2 aliphatic rings. The third kappa shape index (κ3) is 5.47. The maximum Gasteiger partial charge on any atom is 0.255 e. The number of thiocarbonyl (C=S) groups is 1. The molecule has 206 valence electrons. The van der Waals surface area contributed by atoms with Crippen LogP contribution in [0.25, 0.3) is 0 Å². The lowest BCUT2D eigenvalue weighted by molar-refractivity contribution is -0.0574. The van der Waals surface area contributed by atoms with Gasteiger partial charge in [0.2, 0.25) is 0 Å². The van der Waals surface area contributed by atoms with Gasteiger partial charge in [0.15, 0.2) is 27.3 Å². The molecule has 4 N–H and O–H groups in total. The fourth-order valence-corrected chi connectivity index (χ4v) is 8.06. The molecule has 2 aromatic carbocycles. The average Bonchev–Trinajstić information content (AvgIpc) is 3.03. The van der Waals surface area contributed by atoms with Crippen molar-refractivity contribution in [3.8, 4) is 0 Å². The van der Waals surface area contributed by atoms with Crippen molar-refractivity contribution in [3.63, 3.8) is 0 Å². The largest absolute Gasteiger partial charge is 0.394 e. The van der Waals surface area contributed by atoms with Crippen LogP contribution >= 0.6 is 23.8 Å². The molecule has 0 aromatic heterocycles. The SMILES string of the molecule is O=C(Nc1cc(F)c(F)c(F)c1)c1ccc(Cl)c(S(=O)(=O)C2CC3CCC(C2)C3(O)CNC(C=S)CO)c1. The first-order chi connectivity index (χ1) is 17.9. The monoisotopic (exact) mass is 590 g/mol. The minimum Gasteiger partial charge on any atom is -0.394 e. The molecule has 0 saturated heterocycles. The van der Waals surface area contributed by atoms with Gasteiger partial charge in [0.1, 0.15) is 0 Å². The summed E-state index contributed by atoms with van der Waals surface area (Å²) in [5.41, 5.74) is -1.63. The number of aliphatic hydroxyl groups is 2. The molecule has 0 heterocycles. The van der Waals surface area contributed by atoms with Gasteiger partial charge in [-0.25, -0.2) is 21.6 Å². The van der Waals surface area contributed by atoms with E-state index in [1.807, 2.05) is 0 Å². The number of hydrogen-bond acceptors (Lipinski definition) is 7. The number of sulfone groups is 1. The molecule has 2 aliphatic carbocycles. The molecule has 2 saturated carbocycles. The topological polar surface area (TPSA) is 116 Å². The number of carbonyl (C=O) groups excluding carboxylic acids is 1. The van der Waals surface area contributed by atoms with Gasteiger partial charge in [-0.05, 0) is 61.1 Å². The van der Waals surface area contributed by atoms with E-state index in [-0.39, 0.29) is 59.0 Å². The summed E-state index contributed by atoms with van der Waals surface area (Å²) in [5, 5.41) is 26.4. The summed E-state index contributed by atoms with van der Waals surface area (Å²) in [6.45, 7) is -0.0617. The molecule has 38 heavy (non-hydrogen) atoms. The van der Waals surface area contributed by atoms with Crippen LogP contribution in [0.5, 0.6) is 0 Å². The Kier molecular flexibility index (Phi) is 8.51. The van der Waals surface area contributed by atoms with Crippen molar-refractivity contribution < 1.29 is 36.6 Å². The number of fused-ring (bicyclic) bond motifs is 2. The predicted octanol–water partition coefficient (Wildman–Crippen LogP) is 3.65. The highest BCUT2D eigenvalue weighted by Gasteiger charge is 2.55. The number of aliphatic hydroxyl groups excluding tert-OH is 1. The highest BCUT2D eigenvalue weighted by molar-refractivity contribution is 7.92. The predicted molar refractivity (Wildman–Crippen MR) is 140 cm³/mol. The summed E-state index contributed by atoms with van der Waals surface area (Å²) >= 11 is 11.1. The van der Waals surface area contributed by atoms with Gasteiger partial charge in [-0.2, -0.15) is 0 Å². The Morgan fingerprint density at radius 2 is 1.76 bits per heavy atom.